The lowest BCUT2D eigenvalue weighted by Crippen LogP contribution is -2.46. The molecule has 6 nitrogen and oxygen atoms in total. The summed E-state index contributed by atoms with van der Waals surface area (Å²) in [7, 11) is 1.81. The Bertz CT molecular complexity index is 718. The van der Waals surface area contributed by atoms with Gasteiger partial charge in [-0.2, -0.15) is 5.10 Å². The third-order valence-corrected chi connectivity index (χ3v) is 4.47. The van der Waals surface area contributed by atoms with Crippen molar-refractivity contribution in [2.45, 2.75) is 52.2 Å². The van der Waals surface area contributed by atoms with Gasteiger partial charge in [-0.25, -0.2) is 9.67 Å². The maximum atomic E-state index is 4.46. The number of hydrogen-bond donors (Lipinski definition) is 2. The van der Waals surface area contributed by atoms with E-state index < -0.39 is 0 Å². The number of aliphatic imine (C=N–C) groups is 1. The first-order chi connectivity index (χ1) is 11.7. The first-order valence-electron chi connectivity index (χ1n) is 8.64. The molecule has 0 saturated carbocycles. The van der Waals surface area contributed by atoms with Crippen LogP contribution in [0.2, 0.25) is 0 Å². The molecule has 6 heteroatoms. The van der Waals surface area contributed by atoms with E-state index in [0.717, 1.165) is 50.0 Å². The predicted molar refractivity (Wildman–Crippen MR) is 96.0 cm³/mol. The number of guanidine groups is 1. The van der Waals surface area contributed by atoms with Crippen LogP contribution in [0.3, 0.4) is 0 Å². The summed E-state index contributed by atoms with van der Waals surface area (Å²) in [5.74, 6) is 2.78. The van der Waals surface area contributed by atoms with Crippen molar-refractivity contribution in [2.24, 2.45) is 4.99 Å². The normalized spacial score (nSPS) is 17.5. The van der Waals surface area contributed by atoms with E-state index in [9.17, 15) is 0 Å². The molecular formula is C18H26N6. The summed E-state index contributed by atoms with van der Waals surface area (Å²) < 4.78 is 2.01. The van der Waals surface area contributed by atoms with Crippen LogP contribution >= 0.6 is 0 Å². The highest BCUT2D eigenvalue weighted by Gasteiger charge is 2.21. The molecule has 0 aliphatic carbocycles. The van der Waals surface area contributed by atoms with Gasteiger partial charge in [-0.15, -0.1) is 0 Å². The lowest BCUT2D eigenvalue weighted by Gasteiger charge is -2.25. The number of benzene rings is 1. The minimum atomic E-state index is 0.325. The van der Waals surface area contributed by atoms with Gasteiger partial charge in [0.25, 0.3) is 0 Å². The number of aromatic nitrogens is 3. The van der Waals surface area contributed by atoms with Gasteiger partial charge in [-0.3, -0.25) is 4.99 Å². The Morgan fingerprint density at radius 2 is 2.12 bits per heavy atom. The Hall–Kier alpha value is -2.37. The molecule has 0 amide bonds. The molecule has 3 rings (SSSR count). The molecular weight excluding hydrogens is 300 g/mol. The van der Waals surface area contributed by atoms with Gasteiger partial charge in [-0.1, -0.05) is 31.2 Å². The Morgan fingerprint density at radius 1 is 1.33 bits per heavy atom. The van der Waals surface area contributed by atoms with Crippen molar-refractivity contribution in [3.8, 4) is 0 Å². The van der Waals surface area contributed by atoms with Gasteiger partial charge in [-0.05, 0) is 30.9 Å². The van der Waals surface area contributed by atoms with Crippen molar-refractivity contribution in [3.05, 3.63) is 47.0 Å². The lowest BCUT2D eigenvalue weighted by atomic mass is 10.1. The topological polar surface area (TPSA) is 67.1 Å². The third kappa shape index (κ3) is 3.75. The maximum absolute atomic E-state index is 4.46. The molecule has 1 aromatic heterocycles. The standard InChI is InChI=1S/C18H26N6/c1-4-14-7-5-6-8-15(14)11-20-18(19-3)22-16-9-10-17-21-13(2)23-24(17)12-16/h5-8,16H,4,9-12H2,1-3H3,(H2,19,20,22). The van der Waals surface area contributed by atoms with Gasteiger partial charge in [0, 0.05) is 26.1 Å². The number of hydrogen-bond acceptors (Lipinski definition) is 3. The van der Waals surface area contributed by atoms with Crippen molar-refractivity contribution < 1.29 is 0 Å². The summed E-state index contributed by atoms with van der Waals surface area (Å²) in [5, 5.41) is 11.4. The van der Waals surface area contributed by atoms with Crippen molar-refractivity contribution in [3.63, 3.8) is 0 Å². The van der Waals surface area contributed by atoms with E-state index in [0.29, 0.717) is 6.04 Å². The van der Waals surface area contributed by atoms with E-state index in [1.807, 2.05) is 18.7 Å². The van der Waals surface area contributed by atoms with Crippen LogP contribution in [-0.4, -0.2) is 33.8 Å². The second-order valence-corrected chi connectivity index (χ2v) is 6.19. The van der Waals surface area contributed by atoms with Crippen LogP contribution in [0, 0.1) is 6.92 Å². The lowest BCUT2D eigenvalue weighted by molar-refractivity contribution is 0.392. The number of nitrogens with one attached hydrogen (secondary N) is 2. The molecule has 0 radical (unpaired) electrons. The molecule has 2 heterocycles. The van der Waals surface area contributed by atoms with Crippen molar-refractivity contribution >= 4 is 5.96 Å². The molecule has 24 heavy (non-hydrogen) atoms. The van der Waals surface area contributed by atoms with Gasteiger partial charge in [0.15, 0.2) is 5.96 Å². The molecule has 1 unspecified atom stereocenters. The average molecular weight is 326 g/mol. The van der Waals surface area contributed by atoms with E-state index in [1.54, 1.807) is 0 Å². The highest BCUT2D eigenvalue weighted by atomic mass is 15.4. The Kier molecular flexibility index (Phi) is 5.13. The molecule has 2 aromatic rings. The first kappa shape index (κ1) is 16.5. The largest absolute Gasteiger partial charge is 0.352 e. The minimum absolute atomic E-state index is 0.325. The summed E-state index contributed by atoms with van der Waals surface area (Å²) in [6, 6.07) is 8.86. The quantitative estimate of drug-likeness (QED) is 0.664. The summed E-state index contributed by atoms with van der Waals surface area (Å²) in [6.45, 7) is 5.75. The number of nitrogens with zero attached hydrogens (tertiary/aromatic N) is 4. The molecule has 0 spiro atoms. The maximum Gasteiger partial charge on any atom is 0.191 e. The van der Waals surface area contributed by atoms with Crippen LogP contribution < -0.4 is 10.6 Å². The van der Waals surface area contributed by atoms with E-state index in [-0.39, 0.29) is 0 Å². The molecule has 0 bridgehead atoms. The number of fused-ring (bicyclic) bond motifs is 1. The van der Waals surface area contributed by atoms with Crippen LogP contribution in [0.4, 0.5) is 0 Å². The van der Waals surface area contributed by atoms with Crippen LogP contribution in [0.5, 0.6) is 0 Å². The van der Waals surface area contributed by atoms with Gasteiger partial charge in [0.2, 0.25) is 0 Å². The SMILES string of the molecule is CCc1ccccc1CNC(=NC)NC1CCc2nc(C)nn2C1. The molecule has 1 aromatic carbocycles. The van der Waals surface area contributed by atoms with Crippen LogP contribution in [0.1, 0.15) is 36.1 Å². The summed E-state index contributed by atoms with van der Waals surface area (Å²) in [6.07, 6.45) is 3.04. The molecule has 128 valence electrons. The van der Waals surface area contributed by atoms with Crippen LogP contribution in [0.15, 0.2) is 29.3 Å². The molecule has 0 fully saturated rings. The minimum Gasteiger partial charge on any atom is -0.352 e. The fraction of sp³-hybridized carbons (Fsp3) is 0.500. The van der Waals surface area contributed by atoms with E-state index in [2.05, 4.69) is 56.9 Å². The van der Waals surface area contributed by atoms with Crippen molar-refractivity contribution in [1.82, 2.24) is 25.4 Å². The summed E-state index contributed by atoms with van der Waals surface area (Å²) in [5.41, 5.74) is 2.70. The number of rotatable bonds is 4. The Labute approximate surface area is 143 Å². The molecule has 1 atom stereocenters. The number of aryl methyl sites for hydroxylation is 3. The van der Waals surface area contributed by atoms with Gasteiger partial charge < -0.3 is 10.6 Å². The van der Waals surface area contributed by atoms with Gasteiger partial charge in [0.05, 0.1) is 6.54 Å². The fourth-order valence-electron chi connectivity index (χ4n) is 3.19. The average Bonchev–Trinajstić information content (AvgIpc) is 2.98. The second kappa shape index (κ2) is 7.47. The van der Waals surface area contributed by atoms with Gasteiger partial charge >= 0.3 is 0 Å². The predicted octanol–water partition coefficient (Wildman–Crippen LogP) is 1.83. The van der Waals surface area contributed by atoms with E-state index in [1.165, 1.54) is 11.1 Å². The summed E-state index contributed by atoms with van der Waals surface area (Å²) in [4.78, 5) is 8.82. The highest BCUT2D eigenvalue weighted by molar-refractivity contribution is 5.80. The highest BCUT2D eigenvalue weighted by Crippen LogP contribution is 2.13. The second-order valence-electron chi connectivity index (χ2n) is 6.19. The smallest absolute Gasteiger partial charge is 0.191 e. The molecule has 1 aliphatic rings. The Morgan fingerprint density at radius 3 is 2.88 bits per heavy atom. The molecule has 2 N–H and O–H groups in total. The molecule has 0 saturated heterocycles. The fourth-order valence-corrected chi connectivity index (χ4v) is 3.19. The summed E-state index contributed by atoms with van der Waals surface area (Å²) >= 11 is 0. The van der Waals surface area contributed by atoms with E-state index >= 15 is 0 Å². The Balaban J connectivity index is 1.58. The van der Waals surface area contributed by atoms with Gasteiger partial charge in [0.1, 0.15) is 11.6 Å². The third-order valence-electron chi connectivity index (χ3n) is 4.47. The van der Waals surface area contributed by atoms with Crippen LogP contribution in [-0.2, 0) is 25.9 Å². The van der Waals surface area contributed by atoms with Crippen molar-refractivity contribution in [1.29, 1.82) is 0 Å². The zero-order valence-electron chi connectivity index (χ0n) is 14.7. The van der Waals surface area contributed by atoms with Crippen molar-refractivity contribution in [2.75, 3.05) is 7.05 Å². The zero-order valence-corrected chi connectivity index (χ0v) is 14.7. The van der Waals surface area contributed by atoms with Crippen LogP contribution in [0.25, 0.3) is 0 Å². The zero-order chi connectivity index (χ0) is 16.9. The van der Waals surface area contributed by atoms with E-state index in [4.69, 9.17) is 0 Å². The first-order valence-corrected chi connectivity index (χ1v) is 8.64. The monoisotopic (exact) mass is 326 g/mol. The molecule has 1 aliphatic heterocycles.